The lowest BCUT2D eigenvalue weighted by Gasteiger charge is -2.30. The molecule has 0 spiro atoms. The topological polar surface area (TPSA) is 128 Å². The number of amides is 1. The van der Waals surface area contributed by atoms with Crippen molar-refractivity contribution in [3.05, 3.63) is 60.2 Å². The van der Waals surface area contributed by atoms with Gasteiger partial charge in [0.1, 0.15) is 5.69 Å². The van der Waals surface area contributed by atoms with Crippen LogP contribution in [0.25, 0.3) is 0 Å². The Bertz CT molecular complexity index is 1150. The number of nitrogens with zero attached hydrogens (tertiary/aromatic N) is 3. The maximum atomic E-state index is 13.8. The number of hydrogen-bond donors (Lipinski definition) is 1. The summed E-state index contributed by atoms with van der Waals surface area (Å²) >= 11 is 0. The number of carbonyl (C=O) groups is 4. The summed E-state index contributed by atoms with van der Waals surface area (Å²) in [7, 11) is -1.18. The van der Waals surface area contributed by atoms with Gasteiger partial charge in [0.25, 0.3) is 5.91 Å². The van der Waals surface area contributed by atoms with E-state index in [-0.39, 0.29) is 43.3 Å². The molecular formula is C32H45BN4O6. The zero-order valence-electron chi connectivity index (χ0n) is 25.7. The molecule has 1 aliphatic rings. The van der Waals surface area contributed by atoms with Gasteiger partial charge in [-0.2, -0.15) is 0 Å². The first-order valence-electron chi connectivity index (χ1n) is 15.5. The molecule has 2 aromatic rings. The molecule has 0 bridgehead atoms. The van der Waals surface area contributed by atoms with Gasteiger partial charge in [0.15, 0.2) is 5.78 Å². The van der Waals surface area contributed by atoms with E-state index < -0.39 is 36.8 Å². The van der Waals surface area contributed by atoms with E-state index in [0.717, 1.165) is 24.8 Å². The third kappa shape index (κ3) is 12.3. The fourth-order valence-electron chi connectivity index (χ4n) is 5.29. The molecule has 1 aromatic heterocycles. The van der Waals surface area contributed by atoms with Crippen LogP contribution >= 0.6 is 0 Å². The molecule has 2 atom stereocenters. The van der Waals surface area contributed by atoms with Crippen LogP contribution in [0.3, 0.4) is 0 Å². The smallest absolute Gasteiger partial charge is 0.498 e. The lowest BCUT2D eigenvalue weighted by molar-refractivity contribution is -0.147. The SMILES string of the molecule is CCCCCCCCN1CC(=O)OB([C@@H](CC(=O)[C@H](Cc2ccccc2)NC(=O)c2cnccn2)CC(C)C)OC(=O)C1. The third-order valence-corrected chi connectivity index (χ3v) is 7.42. The van der Waals surface area contributed by atoms with E-state index in [4.69, 9.17) is 9.31 Å². The molecule has 1 fully saturated rings. The van der Waals surface area contributed by atoms with E-state index in [1.165, 1.54) is 37.9 Å². The van der Waals surface area contributed by atoms with Crippen LogP contribution in [-0.2, 0) is 30.1 Å². The molecule has 1 saturated heterocycles. The normalized spacial score (nSPS) is 15.7. The number of benzene rings is 1. The van der Waals surface area contributed by atoms with Crippen molar-refractivity contribution >= 4 is 30.7 Å². The van der Waals surface area contributed by atoms with E-state index >= 15 is 0 Å². The summed E-state index contributed by atoms with van der Waals surface area (Å²) in [4.78, 5) is 62.3. The highest BCUT2D eigenvalue weighted by Crippen LogP contribution is 2.28. The standard InChI is InChI=1S/C32H45BN4O6/c1-4-5-6-7-8-12-17-37-22-30(39)42-33(43-31(40)23-37)26(18-24(2)3)20-29(38)27(19-25-13-10-9-11-14-25)36-32(41)28-21-34-15-16-35-28/h9-11,13-16,21,24,26-27H,4-8,12,17-20,22-23H2,1-3H3,(H,36,41)/t26-,27+/m1/s1. The summed E-state index contributed by atoms with van der Waals surface area (Å²) in [6, 6.07) is 8.51. The molecule has 11 heteroatoms. The zero-order valence-corrected chi connectivity index (χ0v) is 25.7. The van der Waals surface area contributed by atoms with Crippen LogP contribution in [0.1, 0.15) is 88.2 Å². The van der Waals surface area contributed by atoms with Gasteiger partial charge in [0.05, 0.1) is 25.3 Å². The fourth-order valence-corrected chi connectivity index (χ4v) is 5.29. The Hall–Kier alpha value is -3.60. The van der Waals surface area contributed by atoms with Crippen molar-refractivity contribution in [1.82, 2.24) is 20.2 Å². The van der Waals surface area contributed by atoms with Crippen LogP contribution in [0.4, 0.5) is 0 Å². The zero-order chi connectivity index (χ0) is 31.0. The Labute approximate surface area is 255 Å². The number of nitrogens with one attached hydrogen (secondary N) is 1. The van der Waals surface area contributed by atoms with Gasteiger partial charge in [-0.1, -0.05) is 83.2 Å². The molecule has 1 amide bonds. The fraction of sp³-hybridized carbons (Fsp3) is 0.562. The van der Waals surface area contributed by atoms with Crippen LogP contribution in [0, 0.1) is 5.92 Å². The molecule has 2 heterocycles. The van der Waals surface area contributed by atoms with Crippen molar-refractivity contribution in [2.45, 2.75) is 90.4 Å². The highest BCUT2D eigenvalue weighted by Gasteiger charge is 2.42. The molecular weight excluding hydrogens is 547 g/mol. The van der Waals surface area contributed by atoms with Gasteiger partial charge in [-0.05, 0) is 37.3 Å². The van der Waals surface area contributed by atoms with E-state index in [1.807, 2.05) is 44.2 Å². The van der Waals surface area contributed by atoms with Gasteiger partial charge in [-0.25, -0.2) is 4.98 Å². The lowest BCUT2D eigenvalue weighted by Crippen LogP contribution is -2.47. The Morgan fingerprint density at radius 2 is 1.65 bits per heavy atom. The summed E-state index contributed by atoms with van der Waals surface area (Å²) < 4.78 is 11.4. The van der Waals surface area contributed by atoms with Crippen LogP contribution in [-0.4, -0.2) is 71.3 Å². The maximum absolute atomic E-state index is 13.8. The van der Waals surface area contributed by atoms with Gasteiger partial charge in [0, 0.05) is 24.6 Å². The van der Waals surface area contributed by atoms with Crippen molar-refractivity contribution in [3.63, 3.8) is 0 Å². The van der Waals surface area contributed by atoms with Crippen LogP contribution in [0.15, 0.2) is 48.9 Å². The summed E-state index contributed by atoms with van der Waals surface area (Å²) in [5.41, 5.74) is 0.968. The second kappa shape index (κ2) is 18.2. The first kappa shape index (κ1) is 33.9. The van der Waals surface area contributed by atoms with Crippen molar-refractivity contribution in [1.29, 1.82) is 0 Å². The first-order valence-corrected chi connectivity index (χ1v) is 15.5. The summed E-state index contributed by atoms with van der Waals surface area (Å²) in [5.74, 6) is -2.19. The molecule has 0 aliphatic carbocycles. The second-order valence-electron chi connectivity index (χ2n) is 11.7. The van der Waals surface area contributed by atoms with E-state index in [2.05, 4.69) is 22.2 Å². The van der Waals surface area contributed by atoms with Crippen LogP contribution < -0.4 is 5.32 Å². The molecule has 0 radical (unpaired) electrons. The van der Waals surface area contributed by atoms with Crippen LogP contribution in [0.5, 0.6) is 0 Å². The van der Waals surface area contributed by atoms with Crippen molar-refractivity contribution in [3.8, 4) is 0 Å². The number of hydrogen-bond acceptors (Lipinski definition) is 9. The summed E-state index contributed by atoms with van der Waals surface area (Å²) in [5, 5.41) is 2.81. The highest BCUT2D eigenvalue weighted by molar-refractivity contribution is 6.51. The predicted molar refractivity (Wildman–Crippen MR) is 164 cm³/mol. The Morgan fingerprint density at radius 3 is 2.28 bits per heavy atom. The Kier molecular flexibility index (Phi) is 14.3. The largest absolute Gasteiger partial charge is 0.602 e. The minimum atomic E-state index is -1.18. The predicted octanol–water partition coefficient (Wildman–Crippen LogP) is 4.44. The second-order valence-corrected chi connectivity index (χ2v) is 11.7. The number of ketones is 1. The Balaban J connectivity index is 1.69. The summed E-state index contributed by atoms with van der Waals surface area (Å²) in [6.45, 7) is 6.75. The Morgan fingerprint density at radius 1 is 0.977 bits per heavy atom. The average molecular weight is 593 g/mol. The molecule has 0 unspecified atom stereocenters. The third-order valence-electron chi connectivity index (χ3n) is 7.42. The number of carbonyl (C=O) groups excluding carboxylic acids is 4. The molecule has 1 aromatic carbocycles. The number of Topliss-reactive ketones (excluding diaryl/α,β-unsaturated/α-hetero) is 1. The van der Waals surface area contributed by atoms with E-state index in [0.29, 0.717) is 13.0 Å². The van der Waals surface area contributed by atoms with Crippen molar-refractivity contribution in [2.75, 3.05) is 19.6 Å². The molecule has 1 aliphatic heterocycles. The molecule has 0 saturated carbocycles. The molecule has 3 rings (SSSR count). The van der Waals surface area contributed by atoms with Gasteiger partial charge < -0.3 is 14.6 Å². The number of aromatic nitrogens is 2. The maximum Gasteiger partial charge on any atom is 0.602 e. The minimum Gasteiger partial charge on any atom is -0.498 e. The van der Waals surface area contributed by atoms with E-state index in [1.54, 1.807) is 4.90 Å². The first-order chi connectivity index (χ1) is 20.7. The molecule has 1 N–H and O–H groups in total. The van der Waals surface area contributed by atoms with Gasteiger partial charge in [-0.3, -0.25) is 29.1 Å². The van der Waals surface area contributed by atoms with Crippen molar-refractivity contribution in [2.24, 2.45) is 5.92 Å². The molecule has 232 valence electrons. The summed E-state index contributed by atoms with van der Waals surface area (Å²) in [6.07, 6.45) is 11.5. The lowest BCUT2D eigenvalue weighted by atomic mass is 9.64. The number of rotatable bonds is 17. The van der Waals surface area contributed by atoms with Crippen molar-refractivity contribution < 1.29 is 28.5 Å². The quantitative estimate of drug-likeness (QED) is 0.209. The highest BCUT2D eigenvalue weighted by atomic mass is 16.6. The molecule has 10 nitrogen and oxygen atoms in total. The average Bonchev–Trinajstić information content (AvgIpc) is 2.97. The molecule has 43 heavy (non-hydrogen) atoms. The van der Waals surface area contributed by atoms with Crippen LogP contribution in [0.2, 0.25) is 5.82 Å². The van der Waals surface area contributed by atoms with Gasteiger partial charge in [0.2, 0.25) is 0 Å². The van der Waals surface area contributed by atoms with Gasteiger partial charge in [-0.15, -0.1) is 0 Å². The van der Waals surface area contributed by atoms with E-state index in [9.17, 15) is 19.2 Å². The van der Waals surface area contributed by atoms with Gasteiger partial charge >= 0.3 is 19.1 Å². The number of unbranched alkanes of at least 4 members (excludes halogenated alkanes) is 5. The minimum absolute atomic E-state index is 0.00624. The monoisotopic (exact) mass is 592 g/mol.